The van der Waals surface area contributed by atoms with E-state index in [4.69, 9.17) is 30.5 Å². The minimum Gasteiger partial charge on any atom is -0.478 e. The third-order valence-electron chi connectivity index (χ3n) is 6.46. The van der Waals surface area contributed by atoms with Crippen LogP contribution in [0.5, 0.6) is 17.2 Å². The summed E-state index contributed by atoms with van der Waals surface area (Å²) in [6.07, 6.45) is 1.69. The number of rotatable bonds is 3. The van der Waals surface area contributed by atoms with Crippen molar-refractivity contribution in [1.29, 1.82) is 0 Å². The van der Waals surface area contributed by atoms with Crippen LogP contribution >= 0.6 is 11.6 Å². The monoisotopic (exact) mass is 475 g/mol. The van der Waals surface area contributed by atoms with Gasteiger partial charge in [-0.15, -0.1) is 0 Å². The summed E-state index contributed by atoms with van der Waals surface area (Å²) in [7, 11) is 0. The van der Waals surface area contributed by atoms with Crippen LogP contribution in [-0.4, -0.2) is 24.2 Å². The largest absolute Gasteiger partial charge is 0.478 e. The lowest BCUT2D eigenvalue weighted by atomic mass is 10.0. The molecule has 1 unspecified atom stereocenters. The lowest BCUT2D eigenvalue weighted by Gasteiger charge is -2.34. The van der Waals surface area contributed by atoms with Gasteiger partial charge >= 0.3 is 0 Å². The van der Waals surface area contributed by atoms with Crippen molar-refractivity contribution < 1.29 is 23.7 Å². The summed E-state index contributed by atoms with van der Waals surface area (Å²) in [5.74, 6) is 2.01. The van der Waals surface area contributed by atoms with Crippen molar-refractivity contribution >= 4 is 23.5 Å². The van der Waals surface area contributed by atoms with Gasteiger partial charge in [0.1, 0.15) is 24.0 Å². The minimum atomic E-state index is -0.174. The third-order valence-corrected chi connectivity index (χ3v) is 6.68. The van der Waals surface area contributed by atoms with Crippen LogP contribution in [-0.2, 0) is 17.9 Å². The number of carbonyl (C=O) groups is 1. The van der Waals surface area contributed by atoms with E-state index >= 15 is 0 Å². The molecule has 6 nitrogen and oxygen atoms in total. The Labute approximate surface area is 202 Å². The molecule has 34 heavy (non-hydrogen) atoms. The SMILES string of the molecule is CC(c1ccccc1)N1COc2ccc3c(c2C1)O/C(=C\c1cc(Cl)cc2c1OCOC2)C3=O. The molecule has 3 aromatic carbocycles. The Morgan fingerprint density at radius 3 is 2.76 bits per heavy atom. The van der Waals surface area contributed by atoms with Crippen LogP contribution in [0.2, 0.25) is 5.02 Å². The predicted octanol–water partition coefficient (Wildman–Crippen LogP) is 5.74. The number of nitrogens with zero attached hydrogens (tertiary/aromatic N) is 1. The molecule has 0 amide bonds. The van der Waals surface area contributed by atoms with E-state index in [0.29, 0.717) is 47.5 Å². The zero-order valence-corrected chi connectivity index (χ0v) is 19.3. The number of hydrogen-bond donors (Lipinski definition) is 0. The van der Waals surface area contributed by atoms with Crippen molar-refractivity contribution in [2.45, 2.75) is 26.1 Å². The predicted molar refractivity (Wildman–Crippen MR) is 127 cm³/mol. The lowest BCUT2D eigenvalue weighted by Crippen LogP contribution is -2.34. The Bertz CT molecular complexity index is 1320. The van der Waals surface area contributed by atoms with Gasteiger partial charge in [0, 0.05) is 28.7 Å². The van der Waals surface area contributed by atoms with E-state index in [1.165, 1.54) is 5.56 Å². The summed E-state index contributed by atoms with van der Waals surface area (Å²) < 4.78 is 23.2. The first kappa shape index (κ1) is 21.2. The molecule has 3 aliphatic rings. The van der Waals surface area contributed by atoms with E-state index < -0.39 is 0 Å². The van der Waals surface area contributed by atoms with Crippen LogP contribution in [0.4, 0.5) is 0 Å². The first-order valence-electron chi connectivity index (χ1n) is 11.1. The van der Waals surface area contributed by atoms with Crippen molar-refractivity contribution in [2.24, 2.45) is 0 Å². The van der Waals surface area contributed by atoms with Gasteiger partial charge in [-0.1, -0.05) is 41.9 Å². The van der Waals surface area contributed by atoms with Gasteiger partial charge in [0.05, 0.1) is 17.7 Å². The number of allylic oxidation sites excluding steroid dienone is 1. The molecule has 1 atom stereocenters. The fourth-order valence-electron chi connectivity index (χ4n) is 4.62. The molecule has 0 spiro atoms. The average Bonchev–Trinajstić information content (AvgIpc) is 3.19. The zero-order chi connectivity index (χ0) is 23.2. The van der Waals surface area contributed by atoms with E-state index in [0.717, 1.165) is 16.9 Å². The van der Waals surface area contributed by atoms with Crippen LogP contribution in [0.1, 0.15) is 45.6 Å². The van der Waals surface area contributed by atoms with Gasteiger partial charge < -0.3 is 18.9 Å². The molecule has 7 heteroatoms. The summed E-state index contributed by atoms with van der Waals surface area (Å²) in [5.41, 5.74) is 4.13. The van der Waals surface area contributed by atoms with E-state index in [2.05, 4.69) is 24.0 Å². The smallest absolute Gasteiger partial charge is 0.231 e. The topological polar surface area (TPSA) is 57.2 Å². The number of hydrogen-bond acceptors (Lipinski definition) is 6. The molecule has 0 aliphatic carbocycles. The molecule has 6 rings (SSSR count). The van der Waals surface area contributed by atoms with Gasteiger partial charge in [-0.25, -0.2) is 0 Å². The highest BCUT2D eigenvalue weighted by molar-refractivity contribution is 6.31. The summed E-state index contributed by atoms with van der Waals surface area (Å²) in [6.45, 7) is 3.78. The second-order valence-electron chi connectivity index (χ2n) is 8.56. The number of halogens is 1. The van der Waals surface area contributed by atoms with Crippen LogP contribution in [0, 0.1) is 0 Å². The molecule has 0 saturated heterocycles. The number of carbonyl (C=O) groups excluding carboxylic acids is 1. The van der Waals surface area contributed by atoms with Gasteiger partial charge in [-0.2, -0.15) is 0 Å². The maximum Gasteiger partial charge on any atom is 0.231 e. The van der Waals surface area contributed by atoms with Crippen molar-refractivity contribution in [3.05, 3.63) is 93.2 Å². The van der Waals surface area contributed by atoms with Crippen molar-refractivity contribution in [1.82, 2.24) is 4.90 Å². The van der Waals surface area contributed by atoms with Crippen LogP contribution in [0.3, 0.4) is 0 Å². The zero-order valence-electron chi connectivity index (χ0n) is 18.5. The Kier molecular flexibility index (Phi) is 5.29. The molecule has 0 radical (unpaired) electrons. The Morgan fingerprint density at radius 1 is 1.06 bits per heavy atom. The average molecular weight is 476 g/mol. The van der Waals surface area contributed by atoms with E-state index in [1.807, 2.05) is 24.3 Å². The van der Waals surface area contributed by atoms with Crippen molar-refractivity contribution in [2.75, 3.05) is 13.5 Å². The second-order valence-corrected chi connectivity index (χ2v) is 9.00. The van der Waals surface area contributed by atoms with Crippen LogP contribution in [0.15, 0.2) is 60.4 Å². The first-order chi connectivity index (χ1) is 16.6. The standard InChI is InChI=1S/C27H22ClNO5/c1-16(17-5-3-2-4-6-17)29-12-22-23(32-14-29)8-7-21-25(30)24(34-27(21)22)11-18-9-20(28)10-19-13-31-15-33-26(18)19/h2-11,16H,12-15H2,1H3/b24-11-. The van der Waals surface area contributed by atoms with Gasteiger partial charge in [0.15, 0.2) is 12.6 Å². The molecule has 0 saturated carbocycles. The number of ether oxygens (including phenoxy) is 4. The number of fused-ring (bicyclic) bond motifs is 4. The Morgan fingerprint density at radius 2 is 1.91 bits per heavy atom. The van der Waals surface area contributed by atoms with E-state index in [-0.39, 0.29) is 24.4 Å². The highest BCUT2D eigenvalue weighted by Gasteiger charge is 2.35. The molecule has 0 bridgehead atoms. The second kappa shape index (κ2) is 8.47. The van der Waals surface area contributed by atoms with Gasteiger partial charge in [-0.3, -0.25) is 9.69 Å². The maximum absolute atomic E-state index is 13.2. The summed E-state index contributed by atoms with van der Waals surface area (Å²) >= 11 is 6.30. The number of benzene rings is 3. The van der Waals surface area contributed by atoms with Crippen LogP contribution < -0.4 is 14.2 Å². The normalized spacial score (nSPS) is 18.9. The molecule has 172 valence electrons. The molecule has 0 aromatic heterocycles. The fraction of sp³-hybridized carbons (Fsp3) is 0.222. The number of Topliss-reactive ketones (excluding diaryl/α,β-unsaturated/α-hetero) is 1. The molecular formula is C27H22ClNO5. The lowest BCUT2D eigenvalue weighted by molar-refractivity contribution is -0.0165. The molecule has 3 aromatic rings. The van der Waals surface area contributed by atoms with E-state index in [1.54, 1.807) is 24.3 Å². The molecule has 0 N–H and O–H groups in total. The summed E-state index contributed by atoms with van der Waals surface area (Å²) in [4.78, 5) is 15.4. The quantitative estimate of drug-likeness (QED) is 0.450. The van der Waals surface area contributed by atoms with E-state index in [9.17, 15) is 4.79 Å². The molecular weight excluding hydrogens is 454 g/mol. The first-order valence-corrected chi connectivity index (χ1v) is 11.5. The third kappa shape index (κ3) is 3.64. The molecule has 3 aliphatic heterocycles. The Balaban J connectivity index is 1.33. The molecule has 3 heterocycles. The van der Waals surface area contributed by atoms with Gasteiger partial charge in [0.25, 0.3) is 0 Å². The van der Waals surface area contributed by atoms with Gasteiger partial charge in [-0.05, 0) is 42.8 Å². The highest BCUT2D eigenvalue weighted by atomic mass is 35.5. The maximum atomic E-state index is 13.2. The van der Waals surface area contributed by atoms with Crippen molar-refractivity contribution in [3.8, 4) is 17.2 Å². The van der Waals surface area contributed by atoms with Gasteiger partial charge in [0.2, 0.25) is 5.78 Å². The fourth-order valence-corrected chi connectivity index (χ4v) is 4.87. The van der Waals surface area contributed by atoms with Crippen LogP contribution in [0.25, 0.3) is 6.08 Å². The summed E-state index contributed by atoms with van der Waals surface area (Å²) in [5, 5.41) is 0.541. The molecule has 0 fully saturated rings. The highest BCUT2D eigenvalue weighted by Crippen LogP contribution is 2.44. The summed E-state index contributed by atoms with van der Waals surface area (Å²) in [6, 6.07) is 17.6. The van der Waals surface area contributed by atoms with Crippen molar-refractivity contribution in [3.63, 3.8) is 0 Å². The Hall–Kier alpha value is -3.32. The number of ketones is 1. The minimum absolute atomic E-state index is 0.148.